The standard InChI is InChI=1S/C25H32F2N4O3/c1-19-3-4-21(31-22-5-6-24(25(26)27)30-18-22)17-23(19)20(8-13-33-16-12-32)7-9-29-11-15-34-14-10-28-2/h3-9,17-18,25,29,31-32H,2,10-16H2,1H3/b9-7+,20-8+. The van der Waals surface area contributed by atoms with Crippen molar-refractivity contribution in [2.45, 2.75) is 13.3 Å². The molecule has 0 saturated carbocycles. The van der Waals surface area contributed by atoms with Gasteiger partial charge in [-0.25, -0.2) is 8.78 Å². The van der Waals surface area contributed by atoms with Crippen molar-refractivity contribution in [2.75, 3.05) is 51.4 Å². The maximum Gasteiger partial charge on any atom is 0.280 e. The number of allylic oxidation sites excluding steroid dienone is 2. The van der Waals surface area contributed by atoms with E-state index in [4.69, 9.17) is 14.6 Å². The Labute approximate surface area is 199 Å². The first kappa shape index (κ1) is 27.1. The third-order valence-corrected chi connectivity index (χ3v) is 4.67. The third-order valence-electron chi connectivity index (χ3n) is 4.67. The van der Waals surface area contributed by atoms with Crippen molar-refractivity contribution in [3.8, 4) is 0 Å². The third kappa shape index (κ3) is 9.78. The molecular weight excluding hydrogens is 442 g/mol. The molecule has 3 N–H and O–H groups in total. The Balaban J connectivity index is 2.11. The molecule has 0 aliphatic heterocycles. The smallest absolute Gasteiger partial charge is 0.280 e. The first-order valence-corrected chi connectivity index (χ1v) is 11.0. The van der Waals surface area contributed by atoms with Gasteiger partial charge in [0.1, 0.15) is 5.69 Å². The molecule has 2 aromatic rings. The van der Waals surface area contributed by atoms with E-state index in [2.05, 4.69) is 27.3 Å². The normalized spacial score (nSPS) is 11.9. The van der Waals surface area contributed by atoms with Crippen LogP contribution in [0.15, 0.2) is 59.9 Å². The monoisotopic (exact) mass is 474 g/mol. The number of aromatic nitrogens is 1. The predicted molar refractivity (Wildman–Crippen MR) is 132 cm³/mol. The molecule has 1 aromatic heterocycles. The second-order valence-corrected chi connectivity index (χ2v) is 7.23. The molecule has 0 unspecified atom stereocenters. The van der Waals surface area contributed by atoms with E-state index in [0.717, 1.165) is 22.4 Å². The van der Waals surface area contributed by atoms with Gasteiger partial charge in [0.2, 0.25) is 0 Å². The van der Waals surface area contributed by atoms with Gasteiger partial charge in [-0.3, -0.25) is 9.98 Å². The average Bonchev–Trinajstić information content (AvgIpc) is 2.84. The molecule has 0 radical (unpaired) electrons. The van der Waals surface area contributed by atoms with Crippen molar-refractivity contribution in [1.29, 1.82) is 0 Å². The quantitative estimate of drug-likeness (QED) is 0.191. The number of hydrogen-bond donors (Lipinski definition) is 3. The summed E-state index contributed by atoms with van der Waals surface area (Å²) in [6.45, 7) is 8.29. The lowest BCUT2D eigenvalue weighted by Crippen LogP contribution is -2.14. The van der Waals surface area contributed by atoms with Gasteiger partial charge < -0.3 is 25.2 Å². The van der Waals surface area contributed by atoms with Gasteiger partial charge in [-0.2, -0.15) is 0 Å². The van der Waals surface area contributed by atoms with Gasteiger partial charge in [-0.1, -0.05) is 12.1 Å². The van der Waals surface area contributed by atoms with Crippen molar-refractivity contribution < 1.29 is 23.4 Å². The summed E-state index contributed by atoms with van der Waals surface area (Å²) < 4.78 is 36.3. The Morgan fingerprint density at radius 2 is 2.00 bits per heavy atom. The molecule has 184 valence electrons. The topological polar surface area (TPSA) is 88.0 Å². The van der Waals surface area contributed by atoms with E-state index in [1.165, 1.54) is 12.3 Å². The van der Waals surface area contributed by atoms with Gasteiger partial charge in [0.25, 0.3) is 6.43 Å². The minimum Gasteiger partial charge on any atom is -0.394 e. The Hall–Kier alpha value is -3.14. The number of benzene rings is 1. The molecule has 2 rings (SSSR count). The molecular formula is C25H32F2N4O3. The van der Waals surface area contributed by atoms with Crippen LogP contribution in [0.25, 0.3) is 5.57 Å². The highest BCUT2D eigenvalue weighted by atomic mass is 19.3. The number of pyridine rings is 1. The highest BCUT2D eigenvalue weighted by Crippen LogP contribution is 2.26. The van der Waals surface area contributed by atoms with Gasteiger partial charge in [0.05, 0.1) is 51.5 Å². The van der Waals surface area contributed by atoms with Crippen LogP contribution in [-0.2, 0) is 9.47 Å². The fraction of sp³-hybridized carbons (Fsp3) is 0.360. The van der Waals surface area contributed by atoms with E-state index in [1.807, 2.05) is 43.5 Å². The van der Waals surface area contributed by atoms with Crippen molar-refractivity contribution >= 4 is 23.7 Å². The zero-order chi connectivity index (χ0) is 24.6. The number of ether oxygens (including phenoxy) is 2. The molecule has 1 heterocycles. The van der Waals surface area contributed by atoms with Crippen LogP contribution < -0.4 is 10.6 Å². The number of anilines is 2. The van der Waals surface area contributed by atoms with Crippen molar-refractivity contribution in [3.63, 3.8) is 0 Å². The van der Waals surface area contributed by atoms with Gasteiger partial charge in [0.15, 0.2) is 0 Å². The van der Waals surface area contributed by atoms with Gasteiger partial charge in [-0.15, -0.1) is 0 Å². The predicted octanol–water partition coefficient (Wildman–Crippen LogP) is 4.28. The molecule has 0 fully saturated rings. The van der Waals surface area contributed by atoms with Crippen LogP contribution in [0.3, 0.4) is 0 Å². The summed E-state index contributed by atoms with van der Waals surface area (Å²) in [6, 6.07) is 8.74. The first-order chi connectivity index (χ1) is 16.5. The van der Waals surface area contributed by atoms with Crippen LogP contribution in [0.5, 0.6) is 0 Å². The maximum absolute atomic E-state index is 12.7. The van der Waals surface area contributed by atoms with Crippen LogP contribution in [0.2, 0.25) is 0 Å². The number of hydrogen-bond acceptors (Lipinski definition) is 7. The minimum absolute atomic E-state index is 0.0429. The Morgan fingerprint density at radius 3 is 2.71 bits per heavy atom. The Morgan fingerprint density at radius 1 is 1.18 bits per heavy atom. The van der Waals surface area contributed by atoms with E-state index in [1.54, 1.807) is 6.07 Å². The van der Waals surface area contributed by atoms with Crippen LogP contribution in [0.1, 0.15) is 23.2 Å². The summed E-state index contributed by atoms with van der Waals surface area (Å²) in [5.74, 6) is 0. The van der Waals surface area contributed by atoms with Crippen molar-refractivity contribution in [1.82, 2.24) is 10.3 Å². The van der Waals surface area contributed by atoms with E-state index >= 15 is 0 Å². The van der Waals surface area contributed by atoms with Gasteiger partial charge in [0, 0.05) is 12.2 Å². The van der Waals surface area contributed by atoms with E-state index in [-0.39, 0.29) is 18.9 Å². The highest BCUT2D eigenvalue weighted by molar-refractivity contribution is 5.78. The summed E-state index contributed by atoms with van der Waals surface area (Å²) >= 11 is 0. The summed E-state index contributed by atoms with van der Waals surface area (Å²) in [6.07, 6.45) is 4.51. The molecule has 0 atom stereocenters. The molecule has 9 heteroatoms. The second-order valence-electron chi connectivity index (χ2n) is 7.23. The lowest BCUT2D eigenvalue weighted by atomic mass is 9.99. The SMILES string of the molecule is C=NCCOCCN/C=C/C(=C\COCCO)c1cc(Nc2ccc(C(F)F)nc2)ccc1C. The van der Waals surface area contributed by atoms with E-state index < -0.39 is 6.43 Å². The van der Waals surface area contributed by atoms with Crippen LogP contribution in [0, 0.1) is 6.92 Å². The molecule has 0 saturated heterocycles. The largest absolute Gasteiger partial charge is 0.394 e. The number of rotatable bonds is 16. The molecule has 7 nitrogen and oxygen atoms in total. The fourth-order valence-corrected chi connectivity index (χ4v) is 2.94. The number of aryl methyl sites for hydroxylation is 1. The zero-order valence-corrected chi connectivity index (χ0v) is 19.3. The Bertz CT molecular complexity index is 934. The molecule has 0 aliphatic rings. The average molecular weight is 475 g/mol. The number of alkyl halides is 2. The van der Waals surface area contributed by atoms with Crippen LogP contribution >= 0.6 is 0 Å². The summed E-state index contributed by atoms with van der Waals surface area (Å²) in [5, 5.41) is 15.3. The second kappa shape index (κ2) is 15.7. The van der Waals surface area contributed by atoms with Crippen LogP contribution in [0.4, 0.5) is 20.2 Å². The van der Waals surface area contributed by atoms with Gasteiger partial charge in [-0.05, 0) is 66.9 Å². The van der Waals surface area contributed by atoms with E-state index in [9.17, 15) is 8.78 Å². The number of nitrogens with zero attached hydrogens (tertiary/aromatic N) is 2. The van der Waals surface area contributed by atoms with E-state index in [0.29, 0.717) is 38.6 Å². The number of aliphatic hydroxyl groups is 1. The summed E-state index contributed by atoms with van der Waals surface area (Å²) in [4.78, 5) is 7.53. The molecule has 0 bridgehead atoms. The Kier molecular flexibility index (Phi) is 12.5. The van der Waals surface area contributed by atoms with Gasteiger partial charge >= 0.3 is 0 Å². The lowest BCUT2D eigenvalue weighted by molar-refractivity contribution is 0.112. The lowest BCUT2D eigenvalue weighted by Gasteiger charge is -2.13. The van der Waals surface area contributed by atoms with Crippen molar-refractivity contribution in [3.05, 3.63) is 71.7 Å². The van der Waals surface area contributed by atoms with Crippen LogP contribution in [-0.4, -0.2) is 62.9 Å². The summed E-state index contributed by atoms with van der Waals surface area (Å²) in [5.41, 5.74) is 4.09. The summed E-state index contributed by atoms with van der Waals surface area (Å²) in [7, 11) is 0. The number of nitrogens with one attached hydrogen (secondary N) is 2. The zero-order valence-electron chi connectivity index (χ0n) is 19.3. The molecule has 0 spiro atoms. The fourth-order valence-electron chi connectivity index (χ4n) is 2.94. The number of aliphatic imine (C=N–C) groups is 1. The first-order valence-electron chi connectivity index (χ1n) is 11.0. The molecule has 1 aromatic carbocycles. The molecule has 0 amide bonds. The molecule has 0 aliphatic carbocycles. The highest BCUT2D eigenvalue weighted by Gasteiger charge is 2.09. The number of halogens is 2. The minimum atomic E-state index is -2.60. The van der Waals surface area contributed by atoms with Crippen molar-refractivity contribution in [2.24, 2.45) is 4.99 Å². The number of aliphatic hydroxyl groups excluding tert-OH is 1. The maximum atomic E-state index is 12.7. The molecule has 34 heavy (non-hydrogen) atoms.